The fourth-order valence-electron chi connectivity index (χ4n) is 2.19. The lowest BCUT2D eigenvalue weighted by atomic mass is 9.84. The standard InChI is InChI=1S/C13H24N2O2/c1-13(2,3)9-10-8-11(16)15(12(10)17)7-6-14(4)5/h10H,6-9H2,1-5H3. The molecular formula is C13H24N2O2. The average molecular weight is 240 g/mol. The van der Waals surface area contributed by atoms with E-state index in [4.69, 9.17) is 0 Å². The van der Waals surface area contributed by atoms with Crippen LogP contribution in [0.2, 0.25) is 0 Å². The highest BCUT2D eigenvalue weighted by atomic mass is 16.2. The molecule has 0 bridgehead atoms. The van der Waals surface area contributed by atoms with Gasteiger partial charge in [-0.15, -0.1) is 0 Å². The Kier molecular flexibility index (Phi) is 4.31. The van der Waals surface area contributed by atoms with Gasteiger partial charge in [0.15, 0.2) is 0 Å². The van der Waals surface area contributed by atoms with E-state index in [0.717, 1.165) is 13.0 Å². The quantitative estimate of drug-likeness (QED) is 0.697. The van der Waals surface area contributed by atoms with E-state index >= 15 is 0 Å². The lowest BCUT2D eigenvalue weighted by Gasteiger charge is -2.22. The van der Waals surface area contributed by atoms with Gasteiger partial charge in [-0.05, 0) is 25.9 Å². The highest BCUT2D eigenvalue weighted by molar-refractivity contribution is 6.03. The second kappa shape index (κ2) is 5.17. The van der Waals surface area contributed by atoms with Gasteiger partial charge in [0.1, 0.15) is 0 Å². The maximum atomic E-state index is 12.1. The first-order chi connectivity index (χ1) is 7.70. The Balaban J connectivity index is 2.59. The van der Waals surface area contributed by atoms with E-state index in [2.05, 4.69) is 20.8 Å². The van der Waals surface area contributed by atoms with Crippen LogP contribution in [0, 0.1) is 11.3 Å². The molecule has 0 aromatic rings. The molecule has 0 aliphatic carbocycles. The van der Waals surface area contributed by atoms with Crippen molar-refractivity contribution in [3.05, 3.63) is 0 Å². The second-order valence-electron chi connectivity index (χ2n) is 6.35. The Labute approximate surface area is 104 Å². The summed E-state index contributed by atoms with van der Waals surface area (Å²) in [6.07, 6.45) is 1.18. The monoisotopic (exact) mass is 240 g/mol. The van der Waals surface area contributed by atoms with E-state index in [1.807, 2.05) is 19.0 Å². The Hall–Kier alpha value is -0.900. The highest BCUT2D eigenvalue weighted by Crippen LogP contribution is 2.31. The molecule has 1 rings (SSSR count). The molecule has 0 aromatic carbocycles. The van der Waals surface area contributed by atoms with Crippen LogP contribution in [0.15, 0.2) is 0 Å². The molecule has 1 unspecified atom stereocenters. The van der Waals surface area contributed by atoms with Crippen molar-refractivity contribution in [1.82, 2.24) is 9.80 Å². The van der Waals surface area contributed by atoms with Crippen LogP contribution in [0.1, 0.15) is 33.6 Å². The Morgan fingerprint density at radius 1 is 1.29 bits per heavy atom. The van der Waals surface area contributed by atoms with Crippen LogP contribution in [0.4, 0.5) is 0 Å². The summed E-state index contributed by atoms with van der Waals surface area (Å²) in [5, 5.41) is 0. The summed E-state index contributed by atoms with van der Waals surface area (Å²) >= 11 is 0. The van der Waals surface area contributed by atoms with E-state index in [0.29, 0.717) is 13.0 Å². The minimum atomic E-state index is -0.107. The number of imide groups is 1. The average Bonchev–Trinajstić information content (AvgIpc) is 2.37. The van der Waals surface area contributed by atoms with Gasteiger partial charge >= 0.3 is 0 Å². The number of nitrogens with zero attached hydrogens (tertiary/aromatic N) is 2. The zero-order valence-electron chi connectivity index (χ0n) is 11.6. The van der Waals surface area contributed by atoms with Gasteiger partial charge in [-0.3, -0.25) is 14.5 Å². The van der Waals surface area contributed by atoms with Crippen molar-refractivity contribution in [2.24, 2.45) is 11.3 Å². The largest absolute Gasteiger partial charge is 0.308 e. The van der Waals surface area contributed by atoms with Crippen LogP contribution in [0.3, 0.4) is 0 Å². The summed E-state index contributed by atoms with van der Waals surface area (Å²) in [7, 11) is 3.88. The molecule has 0 radical (unpaired) electrons. The number of hydrogen-bond acceptors (Lipinski definition) is 3. The number of amides is 2. The number of carbonyl (C=O) groups excluding carboxylic acids is 2. The third-order valence-corrected chi connectivity index (χ3v) is 2.97. The molecule has 1 fully saturated rings. The fourth-order valence-corrected chi connectivity index (χ4v) is 2.19. The van der Waals surface area contributed by atoms with Gasteiger partial charge in [0.2, 0.25) is 11.8 Å². The normalized spacial score (nSPS) is 21.8. The molecule has 98 valence electrons. The first-order valence-electron chi connectivity index (χ1n) is 6.19. The highest BCUT2D eigenvalue weighted by Gasteiger charge is 2.39. The van der Waals surface area contributed by atoms with Crippen molar-refractivity contribution >= 4 is 11.8 Å². The Morgan fingerprint density at radius 2 is 1.88 bits per heavy atom. The smallest absolute Gasteiger partial charge is 0.232 e. The molecule has 1 aliphatic heterocycles. The van der Waals surface area contributed by atoms with E-state index in [1.54, 1.807) is 0 Å². The number of rotatable bonds is 4. The number of likely N-dealkylation sites (N-methyl/N-ethyl adjacent to an activating group) is 1. The van der Waals surface area contributed by atoms with Crippen molar-refractivity contribution < 1.29 is 9.59 Å². The van der Waals surface area contributed by atoms with Crippen molar-refractivity contribution in [3.8, 4) is 0 Å². The second-order valence-corrected chi connectivity index (χ2v) is 6.35. The van der Waals surface area contributed by atoms with Gasteiger partial charge in [0, 0.05) is 25.4 Å². The number of likely N-dealkylation sites (tertiary alicyclic amines) is 1. The van der Waals surface area contributed by atoms with Gasteiger partial charge in [-0.1, -0.05) is 20.8 Å². The van der Waals surface area contributed by atoms with Crippen molar-refractivity contribution in [3.63, 3.8) is 0 Å². The van der Waals surface area contributed by atoms with Gasteiger partial charge < -0.3 is 4.90 Å². The minimum Gasteiger partial charge on any atom is -0.308 e. The first-order valence-corrected chi connectivity index (χ1v) is 6.19. The summed E-state index contributed by atoms with van der Waals surface area (Å²) < 4.78 is 0. The molecule has 2 amide bonds. The maximum absolute atomic E-state index is 12.1. The van der Waals surface area contributed by atoms with Crippen LogP contribution in [0.5, 0.6) is 0 Å². The topological polar surface area (TPSA) is 40.6 Å². The van der Waals surface area contributed by atoms with E-state index in [1.165, 1.54) is 4.90 Å². The molecule has 0 spiro atoms. The summed E-state index contributed by atoms with van der Waals surface area (Å²) in [5.41, 5.74) is 0.0954. The van der Waals surface area contributed by atoms with Gasteiger partial charge in [0.25, 0.3) is 0 Å². The molecule has 0 N–H and O–H groups in total. The molecule has 4 nitrogen and oxygen atoms in total. The predicted octanol–water partition coefficient (Wildman–Crippen LogP) is 1.36. The first kappa shape index (κ1) is 14.2. The van der Waals surface area contributed by atoms with Crippen molar-refractivity contribution in [2.75, 3.05) is 27.2 Å². The van der Waals surface area contributed by atoms with Gasteiger partial charge in [0.05, 0.1) is 0 Å². The lowest BCUT2D eigenvalue weighted by molar-refractivity contribution is -0.139. The fraction of sp³-hybridized carbons (Fsp3) is 0.846. The molecule has 1 heterocycles. The Morgan fingerprint density at radius 3 is 2.35 bits per heavy atom. The Bertz CT molecular complexity index is 305. The van der Waals surface area contributed by atoms with Crippen LogP contribution in [-0.4, -0.2) is 48.8 Å². The van der Waals surface area contributed by atoms with Crippen LogP contribution in [-0.2, 0) is 9.59 Å². The summed E-state index contributed by atoms with van der Waals surface area (Å²) in [4.78, 5) is 27.3. The molecular weight excluding hydrogens is 216 g/mol. The zero-order chi connectivity index (χ0) is 13.2. The van der Waals surface area contributed by atoms with E-state index in [-0.39, 0.29) is 23.1 Å². The summed E-state index contributed by atoms with van der Waals surface area (Å²) in [6, 6.07) is 0. The number of hydrogen-bond donors (Lipinski definition) is 0. The third-order valence-electron chi connectivity index (χ3n) is 2.97. The summed E-state index contributed by atoms with van der Waals surface area (Å²) in [5.74, 6) is -0.0949. The van der Waals surface area contributed by atoms with Crippen LogP contribution >= 0.6 is 0 Å². The molecule has 1 atom stereocenters. The van der Waals surface area contributed by atoms with Crippen LogP contribution < -0.4 is 0 Å². The molecule has 1 aliphatic rings. The molecule has 0 saturated carbocycles. The van der Waals surface area contributed by atoms with Crippen LogP contribution in [0.25, 0.3) is 0 Å². The van der Waals surface area contributed by atoms with Gasteiger partial charge in [-0.25, -0.2) is 0 Å². The molecule has 17 heavy (non-hydrogen) atoms. The lowest BCUT2D eigenvalue weighted by Crippen LogP contribution is -2.36. The maximum Gasteiger partial charge on any atom is 0.232 e. The van der Waals surface area contributed by atoms with E-state index < -0.39 is 0 Å². The van der Waals surface area contributed by atoms with Crippen molar-refractivity contribution in [2.45, 2.75) is 33.6 Å². The summed E-state index contributed by atoms with van der Waals surface area (Å²) in [6.45, 7) is 7.57. The minimum absolute atomic E-state index is 0.00824. The SMILES string of the molecule is CN(C)CCN1C(=O)CC(CC(C)(C)C)C1=O. The molecule has 0 aromatic heterocycles. The third kappa shape index (κ3) is 4.11. The molecule has 4 heteroatoms. The van der Waals surface area contributed by atoms with Crippen molar-refractivity contribution in [1.29, 1.82) is 0 Å². The zero-order valence-corrected chi connectivity index (χ0v) is 11.6. The predicted molar refractivity (Wildman–Crippen MR) is 67.5 cm³/mol. The van der Waals surface area contributed by atoms with E-state index in [9.17, 15) is 9.59 Å². The van der Waals surface area contributed by atoms with Gasteiger partial charge in [-0.2, -0.15) is 0 Å². The number of carbonyl (C=O) groups is 2. The molecule has 1 saturated heterocycles.